The molecule has 0 unspecified atom stereocenters. The zero-order valence-electron chi connectivity index (χ0n) is 45.0. The molecule has 0 spiro atoms. The van der Waals surface area contributed by atoms with E-state index in [2.05, 4.69) is 228 Å². The van der Waals surface area contributed by atoms with Crippen molar-refractivity contribution in [2.45, 2.75) is 125 Å². The largest absolute Gasteiger partial charge is 0.456 e. The van der Waals surface area contributed by atoms with E-state index in [-0.39, 0.29) is 21.7 Å². The molecule has 0 saturated carbocycles. The average molecular weight is 948 g/mol. The van der Waals surface area contributed by atoms with E-state index in [1.54, 1.807) is 0 Å². The van der Waals surface area contributed by atoms with Crippen LogP contribution in [0.3, 0.4) is 0 Å². The summed E-state index contributed by atoms with van der Waals surface area (Å²) in [5.74, 6) is 0. The number of aryl methyl sites for hydroxylation is 5. The molecule has 0 N–H and O–H groups in total. The van der Waals surface area contributed by atoms with E-state index >= 15 is 0 Å². The molecule has 2 nitrogen and oxygen atoms in total. The molecule has 5 aliphatic rings. The highest BCUT2D eigenvalue weighted by Gasteiger charge is 2.45. The van der Waals surface area contributed by atoms with Crippen molar-refractivity contribution in [1.82, 2.24) is 0 Å². The Morgan fingerprint density at radius 2 is 0.877 bits per heavy atom. The van der Waals surface area contributed by atoms with Gasteiger partial charge in [0, 0.05) is 43.6 Å². The molecule has 0 amide bonds. The van der Waals surface area contributed by atoms with Gasteiger partial charge in [-0.15, -0.1) is 0 Å². The summed E-state index contributed by atoms with van der Waals surface area (Å²) in [6.07, 6.45) is 6.77. The van der Waals surface area contributed by atoms with Crippen LogP contribution in [0.5, 0.6) is 0 Å². The van der Waals surface area contributed by atoms with Crippen LogP contribution in [0.15, 0.2) is 126 Å². The van der Waals surface area contributed by atoms with Crippen LogP contribution in [0.1, 0.15) is 141 Å². The zero-order valence-corrected chi connectivity index (χ0v) is 45.0. The lowest BCUT2D eigenvalue weighted by atomic mass is 9.79. The van der Waals surface area contributed by atoms with Crippen molar-refractivity contribution >= 4 is 40.2 Å². The van der Waals surface area contributed by atoms with Crippen molar-refractivity contribution in [1.29, 1.82) is 0 Å². The Bertz CT molecular complexity index is 4120. The van der Waals surface area contributed by atoms with Gasteiger partial charge in [0.1, 0.15) is 11.0 Å². The lowest BCUT2D eigenvalue weighted by molar-refractivity contribution is 0.571. The Balaban J connectivity index is 0.915. The normalized spacial score (nSPS) is 16.8. The quantitative estimate of drug-likeness (QED) is 0.175. The molecule has 9 aromatic rings. The van der Waals surface area contributed by atoms with Gasteiger partial charge in [-0.2, -0.15) is 0 Å². The molecule has 0 atom stereocenters. The van der Waals surface area contributed by atoms with Crippen LogP contribution in [-0.2, 0) is 21.7 Å². The Labute approximate surface area is 431 Å². The second-order valence-electron chi connectivity index (χ2n) is 24.7. The van der Waals surface area contributed by atoms with Gasteiger partial charge in [0.2, 0.25) is 0 Å². The summed E-state index contributed by atoms with van der Waals surface area (Å²) in [5, 5.41) is 2.56. The molecule has 360 valence electrons. The zero-order chi connectivity index (χ0) is 50.6. The van der Waals surface area contributed by atoms with Crippen molar-refractivity contribution in [3.63, 3.8) is 0 Å². The fourth-order valence-electron chi connectivity index (χ4n) is 15.0. The average Bonchev–Trinajstić information content (AvgIpc) is 4.06. The fraction of sp³-hybridized carbons (Fsp3) is 0.268. The van der Waals surface area contributed by atoms with Crippen LogP contribution in [0.2, 0.25) is 0 Å². The fourth-order valence-corrected chi connectivity index (χ4v) is 15.0. The van der Waals surface area contributed by atoms with Crippen molar-refractivity contribution in [3.05, 3.63) is 204 Å². The molecule has 5 aliphatic carbocycles. The molecule has 0 fully saturated rings. The topological polar surface area (TPSA) is 16.4 Å². The molecule has 0 radical (unpaired) electrons. The molecule has 1 heterocycles. The van der Waals surface area contributed by atoms with Crippen molar-refractivity contribution < 1.29 is 4.42 Å². The molecular formula is C71H65NO. The lowest BCUT2D eigenvalue weighted by Gasteiger charge is -2.32. The molecule has 0 saturated heterocycles. The summed E-state index contributed by atoms with van der Waals surface area (Å²) in [6, 6.07) is 47.9. The van der Waals surface area contributed by atoms with Crippen LogP contribution in [0.4, 0.5) is 17.1 Å². The van der Waals surface area contributed by atoms with Gasteiger partial charge in [-0.3, -0.25) is 0 Å². The molecule has 0 bridgehead atoms. The van der Waals surface area contributed by atoms with Gasteiger partial charge in [0.25, 0.3) is 0 Å². The Morgan fingerprint density at radius 3 is 1.48 bits per heavy atom. The highest BCUT2D eigenvalue weighted by atomic mass is 16.3. The predicted octanol–water partition coefficient (Wildman–Crippen LogP) is 17.7. The van der Waals surface area contributed by atoms with E-state index in [0.717, 1.165) is 23.8 Å². The smallest absolute Gasteiger partial charge is 0.136 e. The third kappa shape index (κ3) is 5.76. The summed E-state index contributed by atoms with van der Waals surface area (Å²) < 4.78 is 6.54. The molecule has 1 aromatic heterocycles. The molecule has 73 heavy (non-hydrogen) atoms. The van der Waals surface area contributed by atoms with E-state index < -0.39 is 0 Å². The van der Waals surface area contributed by atoms with Crippen molar-refractivity contribution in [2.75, 3.05) is 4.90 Å². The predicted molar refractivity (Wildman–Crippen MR) is 308 cm³/mol. The number of hydrogen-bond acceptors (Lipinski definition) is 2. The minimum Gasteiger partial charge on any atom is -0.456 e. The molecule has 0 aliphatic heterocycles. The number of benzene rings is 8. The first-order valence-corrected chi connectivity index (χ1v) is 26.8. The minimum absolute atomic E-state index is 0.139. The van der Waals surface area contributed by atoms with Gasteiger partial charge in [-0.25, -0.2) is 0 Å². The third-order valence-corrected chi connectivity index (χ3v) is 18.8. The van der Waals surface area contributed by atoms with Gasteiger partial charge in [0.15, 0.2) is 0 Å². The number of rotatable bonds is 4. The van der Waals surface area contributed by atoms with Crippen molar-refractivity contribution in [3.8, 4) is 55.6 Å². The van der Waals surface area contributed by atoms with E-state index in [0.29, 0.717) is 0 Å². The van der Waals surface area contributed by atoms with Gasteiger partial charge in [-0.05, 0) is 231 Å². The molecular weight excluding hydrogens is 883 g/mol. The van der Waals surface area contributed by atoms with Crippen LogP contribution in [-0.4, -0.2) is 0 Å². The summed E-state index contributed by atoms with van der Waals surface area (Å²) in [5.41, 5.74) is 36.3. The van der Waals surface area contributed by atoms with E-state index in [4.69, 9.17) is 4.42 Å². The van der Waals surface area contributed by atoms with Crippen molar-refractivity contribution in [2.24, 2.45) is 0 Å². The number of nitrogens with zero attached hydrogens (tertiary/aromatic N) is 1. The van der Waals surface area contributed by atoms with Crippen LogP contribution in [0.25, 0.3) is 78.8 Å². The maximum Gasteiger partial charge on any atom is 0.136 e. The first kappa shape index (κ1) is 44.5. The number of furan rings is 1. The van der Waals surface area contributed by atoms with Gasteiger partial charge >= 0.3 is 0 Å². The number of fused-ring (bicyclic) bond motifs is 16. The summed E-state index contributed by atoms with van der Waals surface area (Å²) >= 11 is 0. The van der Waals surface area contributed by atoms with Crippen LogP contribution in [0, 0.1) is 34.6 Å². The molecule has 8 aromatic carbocycles. The second kappa shape index (κ2) is 14.5. The monoisotopic (exact) mass is 948 g/mol. The second-order valence-corrected chi connectivity index (χ2v) is 24.7. The first-order valence-electron chi connectivity index (χ1n) is 26.8. The summed E-state index contributed by atoms with van der Waals surface area (Å²) in [4.78, 5) is 2.57. The maximum absolute atomic E-state index is 6.54. The number of hydrogen-bond donors (Lipinski definition) is 0. The van der Waals surface area contributed by atoms with E-state index in [1.807, 2.05) is 0 Å². The maximum atomic E-state index is 6.54. The summed E-state index contributed by atoms with van der Waals surface area (Å²) in [6.45, 7) is 30.8. The van der Waals surface area contributed by atoms with E-state index in [1.165, 1.54) is 156 Å². The lowest BCUT2D eigenvalue weighted by Crippen LogP contribution is -2.22. The Hall–Kier alpha value is -7.16. The first-order chi connectivity index (χ1) is 34.8. The summed E-state index contributed by atoms with van der Waals surface area (Å²) in [7, 11) is 0. The number of anilines is 3. The molecule has 14 rings (SSSR count). The SMILES string of the molecule is Cc1cc(C)c(N(c2ccc3c(c2)C(C)(C)c2cc4c(cc2-3)C(C)(C)c2ccc(C)c(-c3ccccc3C)c2-4)c2ccc3c(c2)C(C)(C)c2cc4c(cc2-3)C(C)(C)c2ccc3oc5c(c3c2-4)=CCCC=5)c(C)c1. The Kier molecular flexibility index (Phi) is 8.87. The van der Waals surface area contributed by atoms with Gasteiger partial charge in [0.05, 0.1) is 5.69 Å². The highest BCUT2D eigenvalue weighted by Crippen LogP contribution is 2.61. The van der Waals surface area contributed by atoms with Gasteiger partial charge in [-0.1, -0.05) is 134 Å². The molecule has 2 heteroatoms. The standard InChI is InChI=1S/C71H65NO/c1-38-30-41(4)67(42(5)31-38)72(43-23-25-46-49-34-59-51(36-57(49)70(10,11)55(46)32-43)64-53(68(59,6)7)27-22-40(3)63(64)45-19-15-14-18-39(45)2)44-24-26-47-50-35-60-52(37-58(50)71(12,13)56(47)33-44)65-54(69(60,8)9)28-29-62-66(65)48-20-16-17-21-61(48)73-62/h14-15,18-37H,16-17H2,1-13H3. The van der Waals surface area contributed by atoms with Crippen LogP contribution < -0.4 is 15.5 Å². The Morgan fingerprint density at radius 1 is 0.384 bits per heavy atom. The van der Waals surface area contributed by atoms with Gasteiger partial charge < -0.3 is 9.32 Å². The highest BCUT2D eigenvalue weighted by molar-refractivity contribution is 6.03. The minimum atomic E-state index is -0.235. The third-order valence-electron chi connectivity index (χ3n) is 18.8. The van der Waals surface area contributed by atoms with Crippen LogP contribution >= 0.6 is 0 Å². The van der Waals surface area contributed by atoms with E-state index in [9.17, 15) is 0 Å².